The normalized spacial score (nSPS) is 16.4. The van der Waals surface area contributed by atoms with Crippen molar-refractivity contribution in [3.63, 3.8) is 0 Å². The highest BCUT2D eigenvalue weighted by Gasteiger charge is 2.30. The van der Waals surface area contributed by atoms with Crippen molar-refractivity contribution in [1.29, 1.82) is 0 Å². The largest absolute Gasteiger partial charge is 0.467 e. The van der Waals surface area contributed by atoms with Gasteiger partial charge in [-0.1, -0.05) is 31.5 Å². The molecule has 1 aliphatic rings. The Balaban J connectivity index is 1.51. The summed E-state index contributed by atoms with van der Waals surface area (Å²) in [5.41, 5.74) is 2.49. The first-order valence-electron chi connectivity index (χ1n) is 10.5. The van der Waals surface area contributed by atoms with Gasteiger partial charge in [0.15, 0.2) is 5.82 Å². The lowest BCUT2D eigenvalue weighted by molar-refractivity contribution is 0.153. The van der Waals surface area contributed by atoms with Crippen molar-refractivity contribution in [2.45, 2.75) is 39.8 Å². The average Bonchev–Trinajstić information content (AvgIpc) is 3.41. The predicted octanol–water partition coefficient (Wildman–Crippen LogP) is 4.19. The molecule has 2 aromatic heterocycles. The highest BCUT2D eigenvalue weighted by Crippen LogP contribution is 2.30. The molecule has 8 heteroatoms. The lowest BCUT2D eigenvalue weighted by atomic mass is 10.0. The molecule has 3 aromatic rings. The summed E-state index contributed by atoms with van der Waals surface area (Å²) in [5.74, 6) is 2.30. The summed E-state index contributed by atoms with van der Waals surface area (Å²) in [5, 5.41) is 13.4. The number of tetrazole rings is 1. The maximum atomic E-state index is 6.25. The van der Waals surface area contributed by atoms with Crippen LogP contribution in [-0.4, -0.2) is 51.3 Å². The molecule has 30 heavy (non-hydrogen) atoms. The molecule has 0 saturated carbocycles. The zero-order chi connectivity index (χ0) is 21.1. The van der Waals surface area contributed by atoms with E-state index in [0.717, 1.165) is 49.2 Å². The molecule has 4 rings (SSSR count). The predicted molar refractivity (Wildman–Crippen MR) is 118 cm³/mol. The summed E-state index contributed by atoms with van der Waals surface area (Å²) in [6.45, 7) is 11.0. The fraction of sp³-hybridized carbons (Fsp3) is 0.500. The molecular weight excluding hydrogens is 400 g/mol. The van der Waals surface area contributed by atoms with Gasteiger partial charge in [-0.05, 0) is 59.5 Å². The van der Waals surface area contributed by atoms with Crippen molar-refractivity contribution in [1.82, 2.24) is 25.1 Å². The smallest absolute Gasteiger partial charge is 0.168 e. The van der Waals surface area contributed by atoms with E-state index in [0.29, 0.717) is 12.5 Å². The first-order chi connectivity index (χ1) is 14.5. The molecule has 160 valence electrons. The van der Waals surface area contributed by atoms with Crippen molar-refractivity contribution in [2.24, 2.45) is 5.92 Å². The summed E-state index contributed by atoms with van der Waals surface area (Å²) in [6, 6.07) is 10.1. The second-order valence-corrected chi connectivity index (χ2v) is 8.81. The van der Waals surface area contributed by atoms with Crippen LogP contribution >= 0.6 is 11.6 Å². The van der Waals surface area contributed by atoms with Gasteiger partial charge in [-0.25, -0.2) is 4.68 Å². The maximum absolute atomic E-state index is 6.25. The molecule has 0 amide bonds. The van der Waals surface area contributed by atoms with Crippen LogP contribution in [0.15, 0.2) is 41.0 Å². The van der Waals surface area contributed by atoms with E-state index in [9.17, 15) is 0 Å². The van der Waals surface area contributed by atoms with Crippen LogP contribution < -0.4 is 4.90 Å². The molecule has 1 atom stereocenters. The number of anilines is 1. The first kappa shape index (κ1) is 20.9. The van der Waals surface area contributed by atoms with Crippen molar-refractivity contribution in [3.05, 3.63) is 58.8 Å². The van der Waals surface area contributed by atoms with E-state index >= 15 is 0 Å². The minimum absolute atomic E-state index is 0.178. The van der Waals surface area contributed by atoms with E-state index < -0.39 is 0 Å². The van der Waals surface area contributed by atoms with E-state index in [1.165, 1.54) is 11.3 Å². The third kappa shape index (κ3) is 4.68. The fourth-order valence-electron chi connectivity index (χ4n) is 4.18. The molecule has 0 bridgehead atoms. The van der Waals surface area contributed by atoms with Crippen LogP contribution in [0.4, 0.5) is 5.69 Å². The number of benzene rings is 1. The van der Waals surface area contributed by atoms with Gasteiger partial charge in [0, 0.05) is 36.9 Å². The van der Waals surface area contributed by atoms with Gasteiger partial charge in [-0.15, -0.1) is 5.10 Å². The number of piperazine rings is 1. The fourth-order valence-corrected chi connectivity index (χ4v) is 4.34. The monoisotopic (exact) mass is 428 g/mol. The number of furan rings is 1. The second-order valence-electron chi connectivity index (χ2n) is 8.37. The number of nitrogens with zero attached hydrogens (tertiary/aromatic N) is 6. The van der Waals surface area contributed by atoms with E-state index in [2.05, 4.69) is 58.2 Å². The highest BCUT2D eigenvalue weighted by atomic mass is 35.5. The average molecular weight is 429 g/mol. The van der Waals surface area contributed by atoms with Crippen LogP contribution in [-0.2, 0) is 6.54 Å². The number of rotatable bonds is 7. The molecule has 0 spiro atoms. The van der Waals surface area contributed by atoms with Crippen LogP contribution in [0.5, 0.6) is 0 Å². The van der Waals surface area contributed by atoms with E-state index in [4.69, 9.17) is 16.0 Å². The molecule has 0 unspecified atom stereocenters. The molecule has 3 heterocycles. The van der Waals surface area contributed by atoms with E-state index in [1.54, 1.807) is 6.26 Å². The quantitative estimate of drug-likeness (QED) is 0.562. The summed E-state index contributed by atoms with van der Waals surface area (Å²) >= 11 is 6.25. The lowest BCUT2D eigenvalue weighted by Crippen LogP contribution is -2.48. The SMILES string of the molecule is Cc1ccc(Cl)cc1N1CCN([C@@H](CC(C)C)c2nnnn2Cc2ccco2)CC1. The Kier molecular flexibility index (Phi) is 6.39. The van der Waals surface area contributed by atoms with Gasteiger partial charge in [0.1, 0.15) is 12.3 Å². The van der Waals surface area contributed by atoms with Crippen molar-refractivity contribution in [2.75, 3.05) is 31.1 Å². The van der Waals surface area contributed by atoms with Crippen LogP contribution in [0.25, 0.3) is 0 Å². The maximum Gasteiger partial charge on any atom is 0.168 e. The van der Waals surface area contributed by atoms with Gasteiger partial charge in [-0.2, -0.15) is 0 Å². The summed E-state index contributed by atoms with van der Waals surface area (Å²) in [7, 11) is 0. The summed E-state index contributed by atoms with van der Waals surface area (Å²) < 4.78 is 7.38. The van der Waals surface area contributed by atoms with E-state index in [-0.39, 0.29) is 6.04 Å². The van der Waals surface area contributed by atoms with Gasteiger partial charge in [0.25, 0.3) is 0 Å². The third-order valence-corrected chi connectivity index (χ3v) is 5.94. The minimum atomic E-state index is 0.178. The van der Waals surface area contributed by atoms with Gasteiger partial charge >= 0.3 is 0 Å². The summed E-state index contributed by atoms with van der Waals surface area (Å²) in [4.78, 5) is 4.94. The highest BCUT2D eigenvalue weighted by molar-refractivity contribution is 6.30. The lowest BCUT2D eigenvalue weighted by Gasteiger charge is -2.40. The van der Waals surface area contributed by atoms with Crippen LogP contribution in [0.1, 0.15) is 43.5 Å². The Labute approximate surface area is 182 Å². The molecule has 0 N–H and O–H groups in total. The molecule has 1 aromatic carbocycles. The Bertz CT molecular complexity index is 946. The number of halogens is 1. The van der Waals surface area contributed by atoms with Crippen LogP contribution in [0.2, 0.25) is 5.02 Å². The second kappa shape index (κ2) is 9.18. The van der Waals surface area contributed by atoms with Gasteiger partial charge in [-0.3, -0.25) is 4.90 Å². The molecule has 0 aliphatic carbocycles. The zero-order valence-electron chi connectivity index (χ0n) is 17.8. The topological polar surface area (TPSA) is 63.2 Å². The molecule has 1 aliphatic heterocycles. The van der Waals surface area contributed by atoms with Crippen LogP contribution in [0, 0.1) is 12.8 Å². The Morgan fingerprint density at radius 3 is 2.63 bits per heavy atom. The summed E-state index contributed by atoms with van der Waals surface area (Å²) in [6.07, 6.45) is 2.69. The van der Waals surface area contributed by atoms with Crippen molar-refractivity contribution >= 4 is 17.3 Å². The third-order valence-electron chi connectivity index (χ3n) is 5.70. The number of hydrogen-bond donors (Lipinski definition) is 0. The minimum Gasteiger partial charge on any atom is -0.467 e. The number of aromatic nitrogens is 4. The zero-order valence-corrected chi connectivity index (χ0v) is 18.6. The standard InChI is InChI=1S/C22H29ClN6O/c1-16(2)13-21(22-24-25-26-29(22)15-19-5-4-12-30-19)28-10-8-27(9-11-28)20-14-18(23)7-6-17(20)3/h4-7,12,14,16,21H,8-11,13,15H2,1-3H3/t21-/m0/s1. The molecule has 0 radical (unpaired) electrons. The Morgan fingerprint density at radius 2 is 1.93 bits per heavy atom. The number of aryl methyl sites for hydroxylation is 1. The first-order valence-corrected chi connectivity index (χ1v) is 10.9. The van der Waals surface area contributed by atoms with Crippen molar-refractivity contribution in [3.8, 4) is 0 Å². The molecular formula is C22H29ClN6O. The Hall–Kier alpha value is -2.38. The number of hydrogen-bond acceptors (Lipinski definition) is 6. The molecule has 1 saturated heterocycles. The Morgan fingerprint density at radius 1 is 1.13 bits per heavy atom. The van der Waals surface area contributed by atoms with Crippen LogP contribution in [0.3, 0.4) is 0 Å². The van der Waals surface area contributed by atoms with Gasteiger partial charge in [0.05, 0.1) is 12.3 Å². The van der Waals surface area contributed by atoms with Crippen molar-refractivity contribution < 1.29 is 4.42 Å². The molecule has 1 fully saturated rings. The molecule has 7 nitrogen and oxygen atoms in total. The van der Waals surface area contributed by atoms with Gasteiger partial charge in [0.2, 0.25) is 0 Å². The van der Waals surface area contributed by atoms with E-state index in [1.807, 2.05) is 22.9 Å². The van der Waals surface area contributed by atoms with Gasteiger partial charge < -0.3 is 9.32 Å².